The van der Waals surface area contributed by atoms with Crippen molar-refractivity contribution in [2.24, 2.45) is 17.3 Å². The number of fused-ring (bicyclic) bond motifs is 5. The third-order valence-electron chi connectivity index (χ3n) is 10.5. The third kappa shape index (κ3) is 6.90. The normalized spacial score (nSPS) is 36.5. The fourth-order valence-electron chi connectivity index (χ4n) is 8.00. The average molecular weight is 512 g/mol. The number of hydrogen-bond donors (Lipinski definition) is 2. The Morgan fingerprint density at radius 2 is 1.65 bits per heavy atom. The van der Waals surface area contributed by atoms with Crippen LogP contribution in [-0.4, -0.2) is 43.3 Å². The molecule has 0 spiro atoms. The van der Waals surface area contributed by atoms with Gasteiger partial charge in [0.25, 0.3) is 0 Å². The van der Waals surface area contributed by atoms with Crippen molar-refractivity contribution in [2.45, 2.75) is 147 Å². The first kappa shape index (κ1) is 28.9. The standard InChI is InChI=1S/C31H52BN2O3/c1-30-24-17-11-7-6-8-12-18-25(23-24)31(30,2)34-27(28(30)35)21-15-16-22-33-29(36)32-37-26-19-13-9-4-3-5-10-14-20-26/h6,8,24-27,34H,3-5,7,9-23H2,1-2H3,(H,33,36)/b8-6-. The molecule has 0 aromatic heterocycles. The maximum Gasteiger partial charge on any atom is 0.407 e. The smallest absolute Gasteiger partial charge is 0.407 e. The summed E-state index contributed by atoms with van der Waals surface area (Å²) in [5, 5.41) is 6.87. The zero-order chi connectivity index (χ0) is 26.1. The van der Waals surface area contributed by atoms with E-state index in [1.807, 2.05) is 0 Å². The largest absolute Gasteiger partial charge is 0.427 e. The lowest BCUT2D eigenvalue weighted by Crippen LogP contribution is -2.51. The molecule has 1 aliphatic heterocycles. The summed E-state index contributed by atoms with van der Waals surface area (Å²) in [6.45, 7) is 5.25. The molecule has 5 atom stereocenters. The molecule has 0 aromatic carbocycles. The van der Waals surface area contributed by atoms with E-state index in [9.17, 15) is 9.59 Å². The molecule has 2 saturated carbocycles. The Kier molecular flexibility index (Phi) is 10.7. The van der Waals surface area contributed by atoms with Gasteiger partial charge in [-0.3, -0.25) is 9.59 Å². The zero-order valence-corrected chi connectivity index (χ0v) is 23.7. The van der Waals surface area contributed by atoms with Crippen molar-refractivity contribution in [3.05, 3.63) is 12.2 Å². The molecular formula is C31H52BN2O3. The van der Waals surface area contributed by atoms with Gasteiger partial charge in [0.1, 0.15) is 0 Å². The van der Waals surface area contributed by atoms with Crippen LogP contribution in [0, 0.1) is 17.3 Å². The molecule has 0 aromatic rings. The van der Waals surface area contributed by atoms with Crippen LogP contribution in [0.25, 0.3) is 0 Å². The third-order valence-corrected chi connectivity index (χ3v) is 10.5. The number of rotatable bonds is 8. The first-order chi connectivity index (χ1) is 17.9. The first-order valence-corrected chi connectivity index (χ1v) is 15.7. The summed E-state index contributed by atoms with van der Waals surface area (Å²) < 4.78 is 5.87. The summed E-state index contributed by atoms with van der Waals surface area (Å²) >= 11 is 0. The second-order valence-electron chi connectivity index (χ2n) is 12.8. The molecule has 5 nitrogen and oxygen atoms in total. The van der Waals surface area contributed by atoms with Crippen LogP contribution in [0.2, 0.25) is 0 Å². The molecule has 1 heterocycles. The molecule has 1 saturated heterocycles. The van der Waals surface area contributed by atoms with Crippen LogP contribution in [0.15, 0.2) is 12.2 Å². The van der Waals surface area contributed by atoms with E-state index in [1.165, 1.54) is 78.1 Å². The first-order valence-electron chi connectivity index (χ1n) is 15.7. The Morgan fingerprint density at radius 3 is 2.41 bits per heavy atom. The predicted molar refractivity (Wildman–Crippen MR) is 152 cm³/mol. The molecule has 4 rings (SSSR count). The lowest BCUT2D eigenvalue weighted by Gasteiger charge is -2.39. The Morgan fingerprint density at radius 1 is 0.946 bits per heavy atom. The number of carbonyl (C=O) groups excluding carboxylic acids is 2. The van der Waals surface area contributed by atoms with Crippen molar-refractivity contribution in [2.75, 3.05) is 6.54 Å². The molecular weight excluding hydrogens is 459 g/mol. The average Bonchev–Trinajstić information content (AvgIpc) is 3.22. The number of carbonyl (C=O) groups is 2. The fourth-order valence-corrected chi connectivity index (χ4v) is 8.00. The number of unbranched alkanes of at least 4 members (excludes halogenated alkanes) is 1. The highest BCUT2D eigenvalue weighted by Gasteiger charge is 2.68. The highest BCUT2D eigenvalue weighted by molar-refractivity contribution is 6.68. The summed E-state index contributed by atoms with van der Waals surface area (Å²) in [5.41, 5.74) is -0.338. The minimum atomic E-state index is -0.248. The fraction of sp³-hybridized carbons (Fsp3) is 0.871. The maximum absolute atomic E-state index is 13.8. The van der Waals surface area contributed by atoms with Crippen LogP contribution < -0.4 is 10.6 Å². The van der Waals surface area contributed by atoms with Crippen LogP contribution in [0.4, 0.5) is 4.79 Å². The van der Waals surface area contributed by atoms with Gasteiger partial charge in [0.15, 0.2) is 5.78 Å². The van der Waals surface area contributed by atoms with Gasteiger partial charge in [0, 0.05) is 23.6 Å². The van der Waals surface area contributed by atoms with E-state index in [4.69, 9.17) is 4.65 Å². The molecule has 207 valence electrons. The van der Waals surface area contributed by atoms with Crippen molar-refractivity contribution in [3.8, 4) is 0 Å². The Bertz CT molecular complexity index is 778. The van der Waals surface area contributed by atoms with E-state index in [1.54, 1.807) is 0 Å². The van der Waals surface area contributed by atoms with Crippen LogP contribution in [0.1, 0.15) is 129 Å². The Hall–Kier alpha value is -1.14. The van der Waals surface area contributed by atoms with Gasteiger partial charge in [0.2, 0.25) is 5.81 Å². The molecule has 2 bridgehead atoms. The topological polar surface area (TPSA) is 67.4 Å². The lowest BCUT2D eigenvalue weighted by atomic mass is 9.66. The number of nitrogens with one attached hydrogen (secondary N) is 2. The van der Waals surface area contributed by atoms with E-state index in [2.05, 4.69) is 36.6 Å². The number of allylic oxidation sites excluding steroid dienone is 2. The maximum atomic E-state index is 13.8. The lowest BCUT2D eigenvalue weighted by molar-refractivity contribution is -0.129. The second kappa shape index (κ2) is 13.8. The van der Waals surface area contributed by atoms with E-state index in [-0.39, 0.29) is 28.9 Å². The van der Waals surface area contributed by atoms with Gasteiger partial charge in [-0.15, -0.1) is 0 Å². The van der Waals surface area contributed by atoms with Crippen LogP contribution in [0.5, 0.6) is 0 Å². The van der Waals surface area contributed by atoms with Crippen LogP contribution in [0.3, 0.4) is 0 Å². The predicted octanol–water partition coefficient (Wildman–Crippen LogP) is 6.86. The quantitative estimate of drug-likeness (QED) is 0.212. The molecule has 2 N–H and O–H groups in total. The van der Waals surface area contributed by atoms with Gasteiger partial charge in [0.05, 0.1) is 6.04 Å². The van der Waals surface area contributed by atoms with E-state index in [0.29, 0.717) is 24.2 Å². The van der Waals surface area contributed by atoms with Gasteiger partial charge >= 0.3 is 7.48 Å². The number of Topliss-reactive ketones (excluding diaryl/α,β-unsaturated/α-hetero) is 1. The molecule has 1 amide bonds. The van der Waals surface area contributed by atoms with Crippen molar-refractivity contribution >= 4 is 19.1 Å². The summed E-state index contributed by atoms with van der Waals surface area (Å²) in [6.07, 6.45) is 25.7. The Balaban J connectivity index is 1.17. The van der Waals surface area contributed by atoms with Crippen molar-refractivity contribution in [1.82, 2.24) is 10.6 Å². The van der Waals surface area contributed by atoms with Crippen molar-refractivity contribution in [1.29, 1.82) is 0 Å². The molecule has 6 heteroatoms. The highest BCUT2D eigenvalue weighted by atomic mass is 16.4. The number of ketones is 1. The van der Waals surface area contributed by atoms with Gasteiger partial charge in [-0.05, 0) is 89.4 Å². The van der Waals surface area contributed by atoms with E-state index < -0.39 is 0 Å². The van der Waals surface area contributed by atoms with Gasteiger partial charge in [-0.1, -0.05) is 64.0 Å². The van der Waals surface area contributed by atoms with E-state index in [0.717, 1.165) is 44.9 Å². The number of hydrogen-bond acceptors (Lipinski definition) is 4. The van der Waals surface area contributed by atoms with Crippen LogP contribution in [-0.2, 0) is 9.45 Å². The summed E-state index contributed by atoms with van der Waals surface area (Å²) in [7, 11) is 1.41. The summed E-state index contributed by atoms with van der Waals surface area (Å²) in [4.78, 5) is 26.1. The highest BCUT2D eigenvalue weighted by Crippen LogP contribution is 2.60. The van der Waals surface area contributed by atoms with E-state index >= 15 is 0 Å². The zero-order valence-electron chi connectivity index (χ0n) is 23.7. The van der Waals surface area contributed by atoms with Crippen LogP contribution >= 0.6 is 0 Å². The summed E-state index contributed by atoms with van der Waals surface area (Å²) in [6, 6.07) is -0.0445. The Labute approximate surface area is 227 Å². The van der Waals surface area contributed by atoms with Crippen molar-refractivity contribution in [3.63, 3.8) is 0 Å². The minimum Gasteiger partial charge on any atom is -0.427 e. The molecule has 37 heavy (non-hydrogen) atoms. The van der Waals surface area contributed by atoms with Gasteiger partial charge < -0.3 is 15.3 Å². The van der Waals surface area contributed by atoms with Gasteiger partial charge in [-0.25, -0.2) is 0 Å². The molecule has 4 aliphatic rings. The molecule has 1 radical (unpaired) electrons. The van der Waals surface area contributed by atoms with Crippen molar-refractivity contribution < 1.29 is 14.2 Å². The number of amides is 1. The molecule has 3 aliphatic carbocycles. The molecule has 5 unspecified atom stereocenters. The SMILES string of the molecule is CC12NC(CCCCNC(=O)[B]OC3CCCCCCCCC3)C(=O)C1(C)C1CCC/C=C\CCC2C1. The monoisotopic (exact) mass is 511 g/mol. The summed E-state index contributed by atoms with van der Waals surface area (Å²) in [5.74, 6) is 1.40. The van der Waals surface area contributed by atoms with Gasteiger partial charge in [-0.2, -0.15) is 0 Å². The minimum absolute atomic E-state index is 0.0445. The molecule has 3 fully saturated rings. The second-order valence-corrected chi connectivity index (χ2v) is 12.8.